The molecule has 0 radical (unpaired) electrons. The van der Waals surface area contributed by atoms with Gasteiger partial charge in [0.05, 0.1) is 19.2 Å². The van der Waals surface area contributed by atoms with Crippen LogP contribution in [0.25, 0.3) is 0 Å². The number of fused-ring (bicyclic) bond motifs is 1. The number of ether oxygens (including phenoxy) is 1. The van der Waals surface area contributed by atoms with Gasteiger partial charge in [0.15, 0.2) is 5.82 Å². The molecule has 1 atom stereocenters. The summed E-state index contributed by atoms with van der Waals surface area (Å²) in [6.07, 6.45) is 1.14. The van der Waals surface area contributed by atoms with Gasteiger partial charge in [0, 0.05) is 34.5 Å². The van der Waals surface area contributed by atoms with Crippen molar-refractivity contribution in [3.63, 3.8) is 0 Å². The summed E-state index contributed by atoms with van der Waals surface area (Å²) in [7, 11) is 0. The van der Waals surface area contributed by atoms with Crippen LogP contribution in [-0.2, 0) is 19.4 Å². The van der Waals surface area contributed by atoms with Crippen LogP contribution in [0, 0.1) is 11.8 Å². The average Bonchev–Trinajstić information content (AvgIpc) is 3.28. The second-order valence-corrected chi connectivity index (χ2v) is 11.7. The number of anilines is 1. The van der Waals surface area contributed by atoms with Gasteiger partial charge in [-0.25, -0.2) is 4.79 Å². The van der Waals surface area contributed by atoms with E-state index in [0.29, 0.717) is 54.4 Å². The summed E-state index contributed by atoms with van der Waals surface area (Å²) in [6, 6.07) is 12.8. The minimum absolute atomic E-state index is 0.206. The van der Waals surface area contributed by atoms with Gasteiger partial charge >= 0.3 is 6.09 Å². The van der Waals surface area contributed by atoms with Crippen LogP contribution >= 0.6 is 11.6 Å². The van der Waals surface area contributed by atoms with Crippen molar-refractivity contribution in [1.82, 2.24) is 14.7 Å². The number of carboxylic acid groups (broad SMARTS) is 1. The highest BCUT2D eigenvalue weighted by molar-refractivity contribution is 6.30. The predicted molar refractivity (Wildman–Crippen MR) is 158 cm³/mol. The lowest BCUT2D eigenvalue weighted by Crippen LogP contribution is -2.39. The standard InChI is InChI=1S/C31H39ClN4O4/c1-6-25-16-29(34-36(25)17-23-15-24(32)8-10-28(23)40-18-20(4)5)33-30(37)22-7-9-26-21(14-22)11-12-35(31(38)39)27(26)13-19(2)3/h7-10,14-16,19-20,27H,6,11-13,17-18H2,1-5H3,(H,38,39)(H,33,34,37). The Kier molecular flexibility index (Phi) is 9.40. The normalized spacial score (nSPS) is 14.9. The second-order valence-electron chi connectivity index (χ2n) is 11.2. The minimum atomic E-state index is -0.906. The number of carbonyl (C=O) groups excluding carboxylic acids is 1. The van der Waals surface area contributed by atoms with E-state index in [4.69, 9.17) is 16.3 Å². The summed E-state index contributed by atoms with van der Waals surface area (Å²) in [5, 5.41) is 18.0. The van der Waals surface area contributed by atoms with Crippen LogP contribution in [0.2, 0.25) is 5.02 Å². The van der Waals surface area contributed by atoms with Crippen LogP contribution in [0.5, 0.6) is 5.75 Å². The molecule has 0 saturated heterocycles. The molecule has 1 aromatic heterocycles. The SMILES string of the molecule is CCc1cc(NC(=O)c2ccc3c(c2)CCN(C(=O)O)C3CC(C)C)nn1Cc1cc(Cl)ccc1OCC(C)C. The molecule has 4 rings (SSSR count). The van der Waals surface area contributed by atoms with Gasteiger partial charge in [-0.1, -0.05) is 52.3 Å². The second kappa shape index (κ2) is 12.8. The first kappa shape index (κ1) is 29.5. The molecule has 1 unspecified atom stereocenters. The van der Waals surface area contributed by atoms with E-state index in [1.807, 2.05) is 48.0 Å². The molecule has 3 aromatic rings. The van der Waals surface area contributed by atoms with E-state index >= 15 is 0 Å². The Morgan fingerprint density at radius 1 is 1.12 bits per heavy atom. The maximum Gasteiger partial charge on any atom is 0.407 e. The molecular weight excluding hydrogens is 528 g/mol. The number of nitrogens with zero attached hydrogens (tertiary/aromatic N) is 3. The molecule has 0 bridgehead atoms. The summed E-state index contributed by atoms with van der Waals surface area (Å²) in [6.45, 7) is 11.9. The van der Waals surface area contributed by atoms with Crippen LogP contribution in [0.15, 0.2) is 42.5 Å². The molecule has 1 aliphatic rings. The summed E-state index contributed by atoms with van der Waals surface area (Å²) in [5.74, 6) is 1.73. The predicted octanol–water partition coefficient (Wildman–Crippen LogP) is 7.06. The highest BCUT2D eigenvalue weighted by Gasteiger charge is 2.31. The summed E-state index contributed by atoms with van der Waals surface area (Å²) in [5.41, 5.74) is 4.42. The zero-order valence-electron chi connectivity index (χ0n) is 23.9. The van der Waals surface area contributed by atoms with Gasteiger partial charge in [0.25, 0.3) is 5.91 Å². The van der Waals surface area contributed by atoms with Gasteiger partial charge in [-0.05, 0) is 72.6 Å². The van der Waals surface area contributed by atoms with Gasteiger partial charge in [0.1, 0.15) is 5.75 Å². The third-order valence-electron chi connectivity index (χ3n) is 7.08. The Bertz CT molecular complexity index is 1370. The third kappa shape index (κ3) is 6.97. The molecule has 0 saturated carbocycles. The number of carbonyl (C=O) groups is 2. The Morgan fingerprint density at radius 3 is 2.58 bits per heavy atom. The molecule has 2 amide bonds. The quantitative estimate of drug-likeness (QED) is 0.274. The lowest BCUT2D eigenvalue weighted by molar-refractivity contribution is 0.102. The molecular formula is C31H39ClN4O4. The summed E-state index contributed by atoms with van der Waals surface area (Å²) in [4.78, 5) is 26.6. The third-order valence-corrected chi connectivity index (χ3v) is 7.32. The topological polar surface area (TPSA) is 96.7 Å². The smallest absolute Gasteiger partial charge is 0.407 e. The van der Waals surface area contributed by atoms with Crippen LogP contribution in [0.1, 0.15) is 79.8 Å². The van der Waals surface area contributed by atoms with Crippen LogP contribution in [0.4, 0.5) is 10.6 Å². The molecule has 2 N–H and O–H groups in total. The van der Waals surface area contributed by atoms with E-state index in [2.05, 4.69) is 38.1 Å². The number of benzene rings is 2. The van der Waals surface area contributed by atoms with Crippen molar-refractivity contribution < 1.29 is 19.4 Å². The van der Waals surface area contributed by atoms with Crippen LogP contribution in [0.3, 0.4) is 0 Å². The van der Waals surface area contributed by atoms with Crippen molar-refractivity contribution in [3.8, 4) is 5.75 Å². The van der Waals surface area contributed by atoms with Crippen molar-refractivity contribution in [3.05, 3.63) is 75.4 Å². The highest BCUT2D eigenvalue weighted by Crippen LogP contribution is 2.35. The Labute approximate surface area is 241 Å². The maximum atomic E-state index is 13.2. The first-order chi connectivity index (χ1) is 19.0. The van der Waals surface area contributed by atoms with Gasteiger partial charge in [-0.3, -0.25) is 9.48 Å². The Hall–Kier alpha value is -3.52. The van der Waals surface area contributed by atoms with Crippen LogP contribution < -0.4 is 10.1 Å². The molecule has 9 heteroatoms. The Morgan fingerprint density at radius 2 is 1.90 bits per heavy atom. The lowest BCUT2D eigenvalue weighted by atomic mass is 9.87. The number of hydrogen-bond donors (Lipinski definition) is 2. The number of amides is 2. The molecule has 1 aliphatic heterocycles. The highest BCUT2D eigenvalue weighted by atomic mass is 35.5. The van der Waals surface area contributed by atoms with Gasteiger partial charge in [-0.2, -0.15) is 5.10 Å². The largest absolute Gasteiger partial charge is 0.493 e. The first-order valence-electron chi connectivity index (χ1n) is 14.0. The summed E-state index contributed by atoms with van der Waals surface area (Å²) >= 11 is 6.29. The summed E-state index contributed by atoms with van der Waals surface area (Å²) < 4.78 is 7.89. The number of aromatic nitrogens is 2. The fourth-order valence-corrected chi connectivity index (χ4v) is 5.33. The lowest BCUT2D eigenvalue weighted by Gasteiger charge is -2.36. The number of halogens is 1. The zero-order valence-corrected chi connectivity index (χ0v) is 24.7. The monoisotopic (exact) mass is 566 g/mol. The van der Waals surface area contributed by atoms with Gasteiger partial charge in [0.2, 0.25) is 0 Å². The van der Waals surface area contributed by atoms with E-state index < -0.39 is 6.09 Å². The fourth-order valence-electron chi connectivity index (χ4n) is 5.14. The van der Waals surface area contributed by atoms with Crippen molar-refractivity contribution in [1.29, 1.82) is 0 Å². The molecule has 8 nitrogen and oxygen atoms in total. The Balaban J connectivity index is 1.53. The van der Waals surface area contributed by atoms with Crippen molar-refractivity contribution in [2.45, 2.75) is 66.5 Å². The van der Waals surface area contributed by atoms with Crippen LogP contribution in [-0.4, -0.2) is 44.9 Å². The molecule has 0 spiro atoms. The first-order valence-corrected chi connectivity index (χ1v) is 14.3. The number of nitrogens with one attached hydrogen (secondary N) is 1. The molecule has 0 aliphatic carbocycles. The molecule has 2 aromatic carbocycles. The van der Waals surface area contributed by atoms with Gasteiger partial charge in [-0.15, -0.1) is 0 Å². The minimum Gasteiger partial charge on any atom is -0.493 e. The van der Waals surface area contributed by atoms with E-state index in [9.17, 15) is 14.7 Å². The number of rotatable bonds is 10. The van der Waals surface area contributed by atoms with E-state index in [-0.39, 0.29) is 11.9 Å². The van der Waals surface area contributed by atoms with Gasteiger partial charge < -0.3 is 20.1 Å². The van der Waals surface area contributed by atoms with E-state index in [0.717, 1.165) is 41.0 Å². The molecule has 214 valence electrons. The molecule has 0 fully saturated rings. The number of hydrogen-bond acceptors (Lipinski definition) is 4. The zero-order chi connectivity index (χ0) is 29.0. The number of aryl methyl sites for hydroxylation is 1. The van der Waals surface area contributed by atoms with Crippen molar-refractivity contribution >= 4 is 29.4 Å². The molecule has 40 heavy (non-hydrogen) atoms. The fraction of sp³-hybridized carbons (Fsp3) is 0.452. The van der Waals surface area contributed by atoms with E-state index in [1.165, 1.54) is 4.90 Å². The van der Waals surface area contributed by atoms with Crippen molar-refractivity contribution in [2.24, 2.45) is 11.8 Å². The molecule has 2 heterocycles. The van der Waals surface area contributed by atoms with Crippen molar-refractivity contribution in [2.75, 3.05) is 18.5 Å². The average molecular weight is 567 g/mol. The van der Waals surface area contributed by atoms with E-state index in [1.54, 1.807) is 6.07 Å². The maximum absolute atomic E-state index is 13.2.